The summed E-state index contributed by atoms with van der Waals surface area (Å²) in [7, 11) is 0. The van der Waals surface area contributed by atoms with Gasteiger partial charge in [-0.2, -0.15) is 4.99 Å². The zero-order valence-electron chi connectivity index (χ0n) is 10.4. The van der Waals surface area contributed by atoms with Gasteiger partial charge in [0.05, 0.1) is 6.61 Å². The van der Waals surface area contributed by atoms with Gasteiger partial charge in [0.25, 0.3) is 0 Å². The molecule has 0 radical (unpaired) electrons. The average molecular weight is 241 g/mol. The summed E-state index contributed by atoms with van der Waals surface area (Å²) in [5.74, 6) is -0.652. The molecule has 1 fully saturated rings. The van der Waals surface area contributed by atoms with Gasteiger partial charge in [0.15, 0.2) is 5.79 Å². The Kier molecular flexibility index (Phi) is 4.65. The molecule has 6 heteroatoms. The molecule has 17 heavy (non-hydrogen) atoms. The Bertz CT molecular complexity index is 337. The molecule has 1 heterocycles. The van der Waals surface area contributed by atoms with E-state index in [-0.39, 0.29) is 17.8 Å². The zero-order chi connectivity index (χ0) is 12.9. The maximum Gasteiger partial charge on any atom is 0.244 e. The molecule has 1 amide bonds. The summed E-state index contributed by atoms with van der Waals surface area (Å²) in [6.45, 7) is 6.28. The number of carbonyl (C=O) groups excluding carboxylic acids is 1. The van der Waals surface area contributed by atoms with Crippen LogP contribution in [-0.2, 0) is 14.3 Å². The maximum absolute atomic E-state index is 10.6. The molecule has 6 nitrogen and oxygen atoms in total. The van der Waals surface area contributed by atoms with Crippen molar-refractivity contribution in [3.63, 3.8) is 0 Å². The van der Waals surface area contributed by atoms with Crippen LogP contribution in [0.15, 0.2) is 17.3 Å². The summed E-state index contributed by atoms with van der Waals surface area (Å²) < 4.78 is 11.0. The number of rotatable bonds is 4. The molecule has 3 N–H and O–H groups in total. The van der Waals surface area contributed by atoms with Crippen LogP contribution in [0.25, 0.3) is 0 Å². The van der Waals surface area contributed by atoms with Crippen LogP contribution in [0.5, 0.6) is 0 Å². The molecule has 0 saturated carbocycles. The number of hydrogen-bond donors (Lipinski definition) is 2. The second kappa shape index (κ2) is 5.79. The van der Waals surface area contributed by atoms with E-state index in [2.05, 4.69) is 10.3 Å². The van der Waals surface area contributed by atoms with E-state index in [4.69, 9.17) is 15.2 Å². The van der Waals surface area contributed by atoms with Crippen molar-refractivity contribution >= 4 is 11.7 Å². The molecule has 0 aromatic heterocycles. The highest BCUT2D eigenvalue weighted by atomic mass is 16.7. The normalized spacial score (nSPS) is 24.2. The lowest BCUT2D eigenvalue weighted by Gasteiger charge is -2.16. The summed E-state index contributed by atoms with van der Waals surface area (Å²) in [5.41, 5.74) is 5.46. The summed E-state index contributed by atoms with van der Waals surface area (Å²) in [6.07, 6.45) is 3.18. The molecule has 0 aromatic carbocycles. The average Bonchev–Trinajstić information content (AvgIpc) is 2.52. The van der Waals surface area contributed by atoms with Crippen molar-refractivity contribution in [1.82, 2.24) is 5.32 Å². The Labute approximate surface area is 101 Å². The third-order valence-electron chi connectivity index (χ3n) is 2.07. The zero-order valence-corrected chi connectivity index (χ0v) is 10.4. The minimum absolute atomic E-state index is 0.0145. The standard InChI is InChI=1S/C11H19N3O3/c1-8(15)14-10(12)4-5-13-6-9-7-16-11(2,3)17-9/h4-5,9,13H,6-7H2,1-3H3,(H2,12,14,15)/b5-4-. The Morgan fingerprint density at radius 3 is 2.88 bits per heavy atom. The Hall–Kier alpha value is -1.40. The number of carbonyl (C=O) groups is 1. The molecule has 0 aliphatic carbocycles. The number of hydrogen-bond acceptors (Lipinski definition) is 4. The van der Waals surface area contributed by atoms with E-state index in [0.29, 0.717) is 13.2 Å². The quantitative estimate of drug-likeness (QED) is 0.540. The third-order valence-corrected chi connectivity index (χ3v) is 2.07. The fourth-order valence-corrected chi connectivity index (χ4v) is 1.43. The van der Waals surface area contributed by atoms with Gasteiger partial charge in [-0.05, 0) is 19.9 Å². The number of nitrogens with zero attached hydrogens (tertiary/aromatic N) is 1. The molecule has 1 atom stereocenters. The lowest BCUT2D eigenvalue weighted by atomic mass is 10.3. The molecule has 1 aliphatic rings. The molecule has 96 valence electrons. The van der Waals surface area contributed by atoms with Crippen LogP contribution in [-0.4, -0.2) is 36.8 Å². The molecular formula is C11H19N3O3. The highest BCUT2D eigenvalue weighted by molar-refractivity contribution is 5.99. The van der Waals surface area contributed by atoms with Gasteiger partial charge in [0, 0.05) is 19.7 Å². The highest BCUT2D eigenvalue weighted by Crippen LogP contribution is 2.21. The van der Waals surface area contributed by atoms with E-state index in [1.165, 1.54) is 13.0 Å². The first-order chi connectivity index (χ1) is 7.89. The van der Waals surface area contributed by atoms with Gasteiger partial charge in [-0.25, -0.2) is 0 Å². The van der Waals surface area contributed by atoms with E-state index in [0.717, 1.165) is 0 Å². The van der Waals surface area contributed by atoms with E-state index in [1.54, 1.807) is 6.20 Å². The molecule has 1 unspecified atom stereocenters. The second-order valence-electron chi connectivity index (χ2n) is 4.25. The number of ether oxygens (including phenoxy) is 2. The van der Waals surface area contributed by atoms with Crippen molar-refractivity contribution in [1.29, 1.82) is 0 Å². The topological polar surface area (TPSA) is 85.9 Å². The molecule has 0 aromatic rings. The second-order valence-corrected chi connectivity index (χ2v) is 4.25. The molecule has 1 rings (SSSR count). The molecule has 1 saturated heterocycles. The van der Waals surface area contributed by atoms with Crippen LogP contribution in [0.4, 0.5) is 0 Å². The van der Waals surface area contributed by atoms with Crippen molar-refractivity contribution < 1.29 is 14.3 Å². The van der Waals surface area contributed by atoms with Crippen molar-refractivity contribution in [2.75, 3.05) is 13.2 Å². The lowest BCUT2D eigenvalue weighted by molar-refractivity contribution is -0.137. The van der Waals surface area contributed by atoms with Crippen LogP contribution in [0, 0.1) is 0 Å². The van der Waals surface area contributed by atoms with Crippen LogP contribution in [0.3, 0.4) is 0 Å². The summed E-state index contributed by atoms with van der Waals surface area (Å²) in [4.78, 5) is 14.2. The van der Waals surface area contributed by atoms with Crippen molar-refractivity contribution in [3.8, 4) is 0 Å². The van der Waals surface area contributed by atoms with Gasteiger partial charge in [0.1, 0.15) is 11.9 Å². The molecule has 0 bridgehead atoms. The van der Waals surface area contributed by atoms with Crippen molar-refractivity contribution in [2.24, 2.45) is 10.7 Å². The minimum atomic E-state index is -0.509. The number of nitrogens with two attached hydrogens (primary N) is 1. The highest BCUT2D eigenvalue weighted by Gasteiger charge is 2.31. The lowest BCUT2D eigenvalue weighted by Crippen LogP contribution is -2.28. The summed E-state index contributed by atoms with van der Waals surface area (Å²) in [5, 5.41) is 3.01. The van der Waals surface area contributed by atoms with Crippen LogP contribution in [0.2, 0.25) is 0 Å². The van der Waals surface area contributed by atoms with Gasteiger partial charge < -0.3 is 20.5 Å². The van der Waals surface area contributed by atoms with Gasteiger partial charge >= 0.3 is 0 Å². The summed E-state index contributed by atoms with van der Waals surface area (Å²) >= 11 is 0. The first-order valence-corrected chi connectivity index (χ1v) is 5.45. The number of amidine groups is 1. The predicted molar refractivity (Wildman–Crippen MR) is 64.4 cm³/mol. The predicted octanol–water partition coefficient (Wildman–Crippen LogP) is 0.145. The first kappa shape index (κ1) is 13.7. The van der Waals surface area contributed by atoms with Crippen LogP contribution >= 0.6 is 0 Å². The Morgan fingerprint density at radius 1 is 1.65 bits per heavy atom. The van der Waals surface area contributed by atoms with Crippen molar-refractivity contribution in [2.45, 2.75) is 32.7 Å². The number of amides is 1. The summed E-state index contributed by atoms with van der Waals surface area (Å²) in [6, 6.07) is 0. The van der Waals surface area contributed by atoms with Crippen molar-refractivity contribution in [3.05, 3.63) is 12.3 Å². The smallest absolute Gasteiger partial charge is 0.244 e. The first-order valence-electron chi connectivity index (χ1n) is 5.45. The monoisotopic (exact) mass is 241 g/mol. The maximum atomic E-state index is 10.6. The Balaban J connectivity index is 2.25. The number of nitrogens with one attached hydrogen (secondary N) is 1. The van der Waals surface area contributed by atoms with Crippen LogP contribution < -0.4 is 11.1 Å². The van der Waals surface area contributed by atoms with E-state index in [1.807, 2.05) is 13.8 Å². The molecular weight excluding hydrogens is 222 g/mol. The van der Waals surface area contributed by atoms with E-state index >= 15 is 0 Å². The largest absolute Gasteiger partial charge is 0.388 e. The van der Waals surface area contributed by atoms with Gasteiger partial charge in [0.2, 0.25) is 5.91 Å². The fourth-order valence-electron chi connectivity index (χ4n) is 1.43. The van der Waals surface area contributed by atoms with Gasteiger partial charge in [-0.3, -0.25) is 4.79 Å². The fraction of sp³-hybridized carbons (Fsp3) is 0.636. The van der Waals surface area contributed by atoms with E-state index in [9.17, 15) is 4.79 Å². The molecule has 1 aliphatic heterocycles. The van der Waals surface area contributed by atoms with Gasteiger partial charge in [-0.1, -0.05) is 0 Å². The number of aliphatic imine (C=N–C) groups is 1. The van der Waals surface area contributed by atoms with Crippen LogP contribution in [0.1, 0.15) is 20.8 Å². The van der Waals surface area contributed by atoms with Gasteiger partial charge in [-0.15, -0.1) is 0 Å². The van der Waals surface area contributed by atoms with E-state index < -0.39 is 5.79 Å². The minimum Gasteiger partial charge on any atom is -0.388 e. The molecule has 0 spiro atoms. The Morgan fingerprint density at radius 2 is 2.35 bits per heavy atom. The third kappa shape index (κ3) is 5.46. The SMILES string of the molecule is CC(=O)N=C(N)/C=C\NCC1COC(C)(C)O1.